The molecular weight excluding hydrogens is 314 g/mol. The number of benzene rings is 1. The minimum Gasteiger partial charge on any atom is -0.494 e. The third-order valence-electron chi connectivity index (χ3n) is 5.69. The molecule has 2 saturated heterocycles. The van der Waals surface area contributed by atoms with Crippen molar-refractivity contribution in [3.05, 3.63) is 29.8 Å². The predicted molar refractivity (Wildman–Crippen MR) is 101 cm³/mol. The summed E-state index contributed by atoms with van der Waals surface area (Å²) in [6.07, 6.45) is 2.19. The van der Waals surface area contributed by atoms with E-state index in [-0.39, 0.29) is 5.60 Å². The minimum atomic E-state index is -0.0178. The lowest BCUT2D eigenvalue weighted by Gasteiger charge is -2.47. The monoisotopic (exact) mass is 341 g/mol. The highest BCUT2D eigenvalue weighted by Crippen LogP contribution is 2.34. The molecule has 0 amide bonds. The van der Waals surface area contributed by atoms with E-state index in [2.05, 4.69) is 35.9 Å². The Morgan fingerprint density at radius 3 is 2.76 bits per heavy atom. The van der Waals surface area contributed by atoms with E-state index in [1.54, 1.807) is 7.11 Å². The highest BCUT2D eigenvalue weighted by Gasteiger charge is 2.39. The lowest BCUT2D eigenvalue weighted by molar-refractivity contribution is -0.0884. The van der Waals surface area contributed by atoms with Crippen LogP contribution in [0.4, 0.5) is 5.82 Å². The van der Waals surface area contributed by atoms with Crippen LogP contribution in [0.3, 0.4) is 0 Å². The molecule has 2 fully saturated rings. The fourth-order valence-corrected chi connectivity index (χ4v) is 4.07. The smallest absolute Gasteiger partial charge is 0.145 e. The first kappa shape index (κ1) is 16.6. The average Bonchev–Trinajstić information content (AvgIpc) is 2.64. The predicted octanol–water partition coefficient (Wildman–Crippen LogP) is 2.85. The van der Waals surface area contributed by atoms with Crippen LogP contribution in [0, 0.1) is 6.92 Å². The maximum Gasteiger partial charge on any atom is 0.145 e. The van der Waals surface area contributed by atoms with E-state index < -0.39 is 0 Å². The van der Waals surface area contributed by atoms with Gasteiger partial charge in [-0.3, -0.25) is 0 Å². The second-order valence-corrected chi connectivity index (χ2v) is 7.41. The van der Waals surface area contributed by atoms with Crippen LogP contribution in [0.1, 0.15) is 18.4 Å². The van der Waals surface area contributed by atoms with Gasteiger partial charge in [0.15, 0.2) is 0 Å². The fraction of sp³-hybridized carbons (Fsp3) is 0.550. The summed E-state index contributed by atoms with van der Waals surface area (Å²) in [5, 5.41) is 1.16. The summed E-state index contributed by atoms with van der Waals surface area (Å²) in [6, 6.07) is 8.32. The largest absolute Gasteiger partial charge is 0.494 e. The molecule has 25 heavy (non-hydrogen) atoms. The first-order valence-electron chi connectivity index (χ1n) is 9.12. The summed E-state index contributed by atoms with van der Waals surface area (Å²) in [7, 11) is 3.90. The number of piperidine rings is 1. The number of hydrogen-bond donors (Lipinski definition) is 0. The Morgan fingerprint density at radius 1 is 1.20 bits per heavy atom. The zero-order valence-corrected chi connectivity index (χ0v) is 15.4. The highest BCUT2D eigenvalue weighted by atomic mass is 16.5. The number of pyridine rings is 1. The third-order valence-corrected chi connectivity index (χ3v) is 5.69. The van der Waals surface area contributed by atoms with Gasteiger partial charge in [-0.25, -0.2) is 4.98 Å². The molecule has 134 valence electrons. The molecule has 0 radical (unpaired) electrons. The van der Waals surface area contributed by atoms with E-state index in [0.29, 0.717) is 0 Å². The van der Waals surface area contributed by atoms with Crippen LogP contribution in [-0.2, 0) is 4.74 Å². The third kappa shape index (κ3) is 3.07. The van der Waals surface area contributed by atoms with Crippen LogP contribution in [0.2, 0.25) is 0 Å². The Hall–Kier alpha value is -1.85. The number of para-hydroxylation sites is 1. The van der Waals surface area contributed by atoms with Crippen molar-refractivity contribution in [3.8, 4) is 5.75 Å². The molecule has 1 spiro atoms. The van der Waals surface area contributed by atoms with Crippen molar-refractivity contribution >= 4 is 16.7 Å². The van der Waals surface area contributed by atoms with Crippen molar-refractivity contribution in [2.75, 3.05) is 51.8 Å². The number of likely N-dealkylation sites (tertiary alicyclic amines) is 1. The van der Waals surface area contributed by atoms with E-state index >= 15 is 0 Å². The molecule has 2 aromatic rings. The molecule has 5 nitrogen and oxygen atoms in total. The van der Waals surface area contributed by atoms with Crippen LogP contribution in [0.25, 0.3) is 10.9 Å². The number of anilines is 1. The molecule has 0 unspecified atom stereocenters. The van der Waals surface area contributed by atoms with E-state index in [1.807, 2.05) is 12.1 Å². The van der Waals surface area contributed by atoms with Gasteiger partial charge >= 0.3 is 0 Å². The number of aromatic nitrogens is 1. The van der Waals surface area contributed by atoms with Gasteiger partial charge in [-0.15, -0.1) is 0 Å². The second kappa shape index (κ2) is 6.46. The van der Waals surface area contributed by atoms with E-state index in [0.717, 1.165) is 68.1 Å². The molecule has 2 aliphatic rings. The fourth-order valence-electron chi connectivity index (χ4n) is 4.07. The number of fused-ring (bicyclic) bond motifs is 1. The number of morpholine rings is 1. The molecule has 0 aliphatic carbocycles. The molecule has 0 saturated carbocycles. The quantitative estimate of drug-likeness (QED) is 0.840. The Labute approximate surface area is 149 Å². The van der Waals surface area contributed by atoms with E-state index in [9.17, 15) is 0 Å². The zero-order valence-electron chi connectivity index (χ0n) is 15.4. The van der Waals surface area contributed by atoms with Crippen LogP contribution >= 0.6 is 0 Å². The van der Waals surface area contributed by atoms with Crippen LogP contribution in [-0.4, -0.2) is 62.4 Å². The van der Waals surface area contributed by atoms with E-state index in [1.165, 1.54) is 5.56 Å². The van der Waals surface area contributed by atoms with Gasteiger partial charge in [-0.05, 0) is 44.5 Å². The van der Waals surface area contributed by atoms with Gasteiger partial charge in [0, 0.05) is 31.6 Å². The van der Waals surface area contributed by atoms with Crippen LogP contribution < -0.4 is 9.64 Å². The molecule has 1 aromatic heterocycles. The summed E-state index contributed by atoms with van der Waals surface area (Å²) in [6.45, 7) is 6.95. The molecule has 3 heterocycles. The minimum absolute atomic E-state index is 0.0178. The molecule has 5 heteroatoms. The van der Waals surface area contributed by atoms with Crippen molar-refractivity contribution < 1.29 is 9.47 Å². The van der Waals surface area contributed by atoms with Gasteiger partial charge in [0.2, 0.25) is 0 Å². The Balaban J connectivity index is 1.67. The molecule has 2 aliphatic heterocycles. The van der Waals surface area contributed by atoms with Gasteiger partial charge in [0.1, 0.15) is 17.1 Å². The van der Waals surface area contributed by atoms with Gasteiger partial charge in [0.25, 0.3) is 0 Å². The number of aryl methyl sites for hydroxylation is 1. The molecule has 0 atom stereocenters. The first-order valence-corrected chi connectivity index (χ1v) is 9.12. The summed E-state index contributed by atoms with van der Waals surface area (Å²) in [5.74, 6) is 1.88. The zero-order chi connectivity index (χ0) is 17.4. The first-order chi connectivity index (χ1) is 12.1. The second-order valence-electron chi connectivity index (χ2n) is 7.41. The van der Waals surface area contributed by atoms with Crippen LogP contribution in [0.5, 0.6) is 5.75 Å². The van der Waals surface area contributed by atoms with Gasteiger partial charge in [-0.2, -0.15) is 0 Å². The van der Waals surface area contributed by atoms with Gasteiger partial charge in [0.05, 0.1) is 19.3 Å². The molecule has 4 rings (SSSR count). The topological polar surface area (TPSA) is 37.8 Å². The molecule has 0 N–H and O–H groups in total. The molecule has 0 bridgehead atoms. The summed E-state index contributed by atoms with van der Waals surface area (Å²) < 4.78 is 11.8. The summed E-state index contributed by atoms with van der Waals surface area (Å²) >= 11 is 0. The highest BCUT2D eigenvalue weighted by molar-refractivity contribution is 5.88. The van der Waals surface area contributed by atoms with Crippen molar-refractivity contribution in [3.63, 3.8) is 0 Å². The van der Waals surface area contributed by atoms with Crippen molar-refractivity contribution in [1.82, 2.24) is 9.88 Å². The Morgan fingerprint density at radius 2 is 2.00 bits per heavy atom. The van der Waals surface area contributed by atoms with Crippen molar-refractivity contribution in [2.24, 2.45) is 0 Å². The number of methoxy groups -OCH3 is 1. The Kier molecular flexibility index (Phi) is 4.29. The van der Waals surface area contributed by atoms with Crippen molar-refractivity contribution in [2.45, 2.75) is 25.4 Å². The number of hydrogen-bond acceptors (Lipinski definition) is 5. The van der Waals surface area contributed by atoms with Crippen molar-refractivity contribution in [1.29, 1.82) is 0 Å². The van der Waals surface area contributed by atoms with E-state index in [4.69, 9.17) is 14.5 Å². The lowest BCUT2D eigenvalue weighted by Crippen LogP contribution is -2.56. The Bertz CT molecular complexity index is 769. The number of rotatable bonds is 2. The lowest BCUT2D eigenvalue weighted by atomic mass is 9.89. The summed E-state index contributed by atoms with van der Waals surface area (Å²) in [4.78, 5) is 9.74. The van der Waals surface area contributed by atoms with Crippen LogP contribution in [0.15, 0.2) is 24.3 Å². The van der Waals surface area contributed by atoms with Gasteiger partial charge < -0.3 is 19.3 Å². The standard InChI is InChI=1S/C20H27N3O2/c1-15-13-18(21-19-16(15)5-4-6-17(19)24-3)23-11-12-25-20(14-23)7-9-22(2)10-8-20/h4-6,13H,7-12,14H2,1-3H3. The SMILES string of the molecule is COc1cccc2c(C)cc(N3CCOC4(CCN(C)CC4)C3)nc12. The normalized spacial score (nSPS) is 21.0. The number of ether oxygens (including phenoxy) is 2. The maximum absolute atomic E-state index is 6.25. The average molecular weight is 341 g/mol. The number of nitrogens with zero attached hydrogens (tertiary/aromatic N) is 3. The molecular formula is C20H27N3O2. The van der Waals surface area contributed by atoms with Gasteiger partial charge in [-0.1, -0.05) is 12.1 Å². The maximum atomic E-state index is 6.25. The summed E-state index contributed by atoms with van der Waals surface area (Å²) in [5.41, 5.74) is 2.17. The molecule has 1 aromatic carbocycles.